The first-order valence-electron chi connectivity index (χ1n) is 7.56. The predicted molar refractivity (Wildman–Crippen MR) is 97.1 cm³/mol. The minimum Gasteiger partial charge on any atom is -0.507 e. The van der Waals surface area contributed by atoms with Gasteiger partial charge in [-0.25, -0.2) is 4.79 Å². The molecule has 0 aliphatic heterocycles. The monoisotopic (exact) mass is 369 g/mol. The normalized spacial score (nSPS) is 11.3. The second-order valence-electron chi connectivity index (χ2n) is 5.32. The number of phenols is 2. The Bertz CT molecular complexity index is 960. The number of carboxylic acid groups (broad SMARTS) is 1. The van der Waals surface area contributed by atoms with Crippen LogP contribution in [0.1, 0.15) is 11.1 Å². The molecule has 0 atom stereocenters. The molecule has 2 aromatic rings. The molecule has 0 fully saturated rings. The van der Waals surface area contributed by atoms with Gasteiger partial charge in [-0.2, -0.15) is 0 Å². The van der Waals surface area contributed by atoms with Gasteiger partial charge in [0.05, 0.1) is 5.69 Å². The van der Waals surface area contributed by atoms with E-state index in [1.165, 1.54) is 42.5 Å². The van der Waals surface area contributed by atoms with Gasteiger partial charge in [-0.15, -0.1) is 0 Å². The van der Waals surface area contributed by atoms with Crippen molar-refractivity contribution >= 4 is 35.2 Å². The maximum Gasteiger partial charge on any atom is 0.376 e. The summed E-state index contributed by atoms with van der Waals surface area (Å²) in [5.41, 5.74) is 0.687. The summed E-state index contributed by atoms with van der Waals surface area (Å²) in [4.78, 5) is 33.8. The van der Waals surface area contributed by atoms with Crippen molar-refractivity contribution in [1.29, 1.82) is 0 Å². The number of para-hydroxylation sites is 1. The zero-order valence-electron chi connectivity index (χ0n) is 13.8. The smallest absolute Gasteiger partial charge is 0.376 e. The Morgan fingerprint density at radius 2 is 1.63 bits per heavy atom. The Hall–Kier alpha value is -4.07. The van der Waals surface area contributed by atoms with E-state index in [0.717, 1.165) is 6.08 Å². The lowest BCUT2D eigenvalue weighted by molar-refractivity contribution is -0.146. The largest absolute Gasteiger partial charge is 0.507 e. The quantitative estimate of drug-likeness (QED) is 0.227. The van der Waals surface area contributed by atoms with Crippen molar-refractivity contribution in [1.82, 2.24) is 0 Å². The van der Waals surface area contributed by atoms with Crippen LogP contribution in [0.3, 0.4) is 0 Å². The molecule has 0 bridgehead atoms. The summed E-state index contributed by atoms with van der Waals surface area (Å²) >= 11 is 0. The van der Waals surface area contributed by atoms with Gasteiger partial charge in [0.1, 0.15) is 5.76 Å². The summed E-state index contributed by atoms with van der Waals surface area (Å²) < 4.78 is 0. The number of aliphatic hydroxyl groups excluding tert-OH is 1. The topological polar surface area (TPSA) is 144 Å². The van der Waals surface area contributed by atoms with Gasteiger partial charge >= 0.3 is 5.97 Å². The molecular weight excluding hydrogens is 354 g/mol. The first-order valence-corrected chi connectivity index (χ1v) is 7.56. The van der Waals surface area contributed by atoms with E-state index in [4.69, 9.17) is 5.11 Å². The Kier molecular flexibility index (Phi) is 5.95. The average molecular weight is 369 g/mol. The minimum absolute atomic E-state index is 0.0659. The van der Waals surface area contributed by atoms with Crippen molar-refractivity contribution in [3.05, 3.63) is 65.7 Å². The molecule has 2 rings (SSSR count). The fourth-order valence-corrected chi connectivity index (χ4v) is 2.07. The number of aliphatic hydroxyl groups is 1. The highest BCUT2D eigenvalue weighted by Gasteiger charge is 2.13. The molecule has 0 heterocycles. The lowest BCUT2D eigenvalue weighted by Gasteiger charge is -2.09. The number of anilines is 1. The van der Waals surface area contributed by atoms with Crippen molar-refractivity contribution in [2.75, 3.05) is 5.32 Å². The van der Waals surface area contributed by atoms with Gasteiger partial charge in [-0.1, -0.05) is 18.2 Å². The standard InChI is InChI=1S/C19H15NO7/c21-14-7-5-11(9-16(14)23)6-8-18(25)20-13-4-2-1-3-12(13)15(22)10-17(24)19(26)27/h1-10,21-23H,(H,20,25)(H,26,27)/b8-6+,15-10-. The Balaban J connectivity index is 2.18. The van der Waals surface area contributed by atoms with Crippen LogP contribution in [-0.2, 0) is 14.4 Å². The predicted octanol–water partition coefficient (Wildman–Crippen LogP) is 2.30. The number of benzene rings is 2. The third-order valence-corrected chi connectivity index (χ3v) is 3.37. The Morgan fingerprint density at radius 3 is 2.30 bits per heavy atom. The van der Waals surface area contributed by atoms with Crippen molar-refractivity contribution < 1.29 is 34.8 Å². The fraction of sp³-hybridized carbons (Fsp3) is 0. The molecule has 0 spiro atoms. The van der Waals surface area contributed by atoms with Crippen molar-refractivity contribution in [3.8, 4) is 11.5 Å². The van der Waals surface area contributed by atoms with Crippen LogP contribution in [0.5, 0.6) is 11.5 Å². The van der Waals surface area contributed by atoms with E-state index >= 15 is 0 Å². The molecule has 0 aliphatic rings. The molecule has 0 aromatic heterocycles. The molecule has 5 N–H and O–H groups in total. The summed E-state index contributed by atoms with van der Waals surface area (Å²) in [6.07, 6.45) is 3.09. The van der Waals surface area contributed by atoms with Crippen LogP contribution in [0.15, 0.2) is 54.6 Å². The van der Waals surface area contributed by atoms with Crippen LogP contribution >= 0.6 is 0 Å². The summed E-state index contributed by atoms with van der Waals surface area (Å²) in [6.45, 7) is 0. The van der Waals surface area contributed by atoms with Gasteiger partial charge in [0.15, 0.2) is 11.5 Å². The van der Waals surface area contributed by atoms with Gasteiger partial charge in [-0.05, 0) is 35.9 Å². The van der Waals surface area contributed by atoms with E-state index < -0.39 is 23.4 Å². The molecule has 1 amide bonds. The molecule has 138 valence electrons. The minimum atomic E-state index is -1.72. The molecule has 2 aromatic carbocycles. The highest BCUT2D eigenvalue weighted by molar-refractivity contribution is 6.38. The van der Waals surface area contributed by atoms with Gasteiger partial charge in [-0.3, -0.25) is 9.59 Å². The van der Waals surface area contributed by atoms with Crippen LogP contribution in [0.2, 0.25) is 0 Å². The number of carbonyl (C=O) groups is 3. The molecule has 0 saturated carbocycles. The van der Waals surface area contributed by atoms with Crippen LogP contribution in [-0.4, -0.2) is 38.1 Å². The third-order valence-electron chi connectivity index (χ3n) is 3.37. The van der Waals surface area contributed by atoms with E-state index in [0.29, 0.717) is 11.6 Å². The third kappa shape index (κ3) is 5.20. The molecule has 0 saturated heterocycles. The van der Waals surface area contributed by atoms with Crippen LogP contribution in [0.25, 0.3) is 11.8 Å². The number of carbonyl (C=O) groups excluding carboxylic acids is 2. The van der Waals surface area contributed by atoms with Crippen LogP contribution < -0.4 is 5.32 Å². The highest BCUT2D eigenvalue weighted by atomic mass is 16.4. The van der Waals surface area contributed by atoms with E-state index in [1.54, 1.807) is 6.07 Å². The van der Waals surface area contributed by atoms with Crippen molar-refractivity contribution in [2.45, 2.75) is 0 Å². The number of hydrogen-bond donors (Lipinski definition) is 5. The SMILES string of the molecule is O=C(/C=C/c1ccc(O)c(O)c1)Nc1ccccc1/C(O)=C/C(=O)C(=O)O. The fourth-order valence-electron chi connectivity index (χ4n) is 2.07. The Morgan fingerprint density at radius 1 is 0.926 bits per heavy atom. The lowest BCUT2D eigenvalue weighted by atomic mass is 10.1. The van der Waals surface area contributed by atoms with Gasteiger partial charge in [0, 0.05) is 17.7 Å². The van der Waals surface area contributed by atoms with Gasteiger partial charge in [0.25, 0.3) is 5.78 Å². The number of hydrogen-bond acceptors (Lipinski definition) is 6. The van der Waals surface area contributed by atoms with E-state index in [2.05, 4.69) is 5.32 Å². The highest BCUT2D eigenvalue weighted by Crippen LogP contribution is 2.25. The number of aliphatic carboxylic acids is 1. The van der Waals surface area contributed by atoms with E-state index in [1.807, 2.05) is 0 Å². The van der Waals surface area contributed by atoms with Gasteiger partial charge in [0.2, 0.25) is 5.91 Å². The first kappa shape index (κ1) is 19.3. The van der Waals surface area contributed by atoms with Crippen molar-refractivity contribution in [3.63, 3.8) is 0 Å². The van der Waals surface area contributed by atoms with Gasteiger partial charge < -0.3 is 25.7 Å². The lowest BCUT2D eigenvalue weighted by Crippen LogP contribution is -2.11. The summed E-state index contributed by atoms with van der Waals surface area (Å²) in [5, 5.41) is 39.7. The van der Waals surface area contributed by atoms with Crippen LogP contribution in [0.4, 0.5) is 5.69 Å². The van der Waals surface area contributed by atoms with E-state index in [9.17, 15) is 29.7 Å². The van der Waals surface area contributed by atoms with Crippen LogP contribution in [0, 0.1) is 0 Å². The molecule has 8 nitrogen and oxygen atoms in total. The van der Waals surface area contributed by atoms with Crippen molar-refractivity contribution in [2.24, 2.45) is 0 Å². The number of rotatable bonds is 6. The molecule has 0 radical (unpaired) electrons. The maximum absolute atomic E-state index is 12.1. The summed E-state index contributed by atoms with van der Waals surface area (Å²) in [5.74, 6) is -4.83. The number of carboxylic acids is 1. The molecule has 0 unspecified atom stereocenters. The number of aromatic hydroxyl groups is 2. The molecule has 8 heteroatoms. The second kappa shape index (κ2) is 8.34. The van der Waals surface area contributed by atoms with E-state index in [-0.39, 0.29) is 22.7 Å². The average Bonchev–Trinajstić information content (AvgIpc) is 2.63. The summed E-state index contributed by atoms with van der Waals surface area (Å²) in [6, 6.07) is 9.99. The molecule has 27 heavy (non-hydrogen) atoms. The second-order valence-corrected chi connectivity index (χ2v) is 5.32. The maximum atomic E-state index is 12.1. The number of amides is 1. The number of nitrogens with one attached hydrogen (secondary N) is 1. The number of phenolic OH excluding ortho intramolecular Hbond substituents is 2. The zero-order valence-corrected chi connectivity index (χ0v) is 13.8. The Labute approximate surface area is 153 Å². The number of ketones is 1. The summed E-state index contributed by atoms with van der Waals surface area (Å²) in [7, 11) is 0. The molecular formula is C19H15NO7. The molecule has 0 aliphatic carbocycles. The zero-order chi connectivity index (χ0) is 20.0. The first-order chi connectivity index (χ1) is 12.8.